The lowest BCUT2D eigenvalue weighted by Crippen LogP contribution is -2.36. The predicted molar refractivity (Wildman–Crippen MR) is 104 cm³/mol. The number of nitrogens with one attached hydrogen (secondary N) is 2. The monoisotopic (exact) mass is 440 g/mol. The lowest BCUT2D eigenvalue weighted by atomic mass is 10.1. The van der Waals surface area contributed by atoms with Gasteiger partial charge in [0.1, 0.15) is 5.75 Å². The molecule has 0 heterocycles. The van der Waals surface area contributed by atoms with E-state index in [0.717, 1.165) is 15.6 Å². The molecule has 0 spiro atoms. The summed E-state index contributed by atoms with van der Waals surface area (Å²) < 4.78 is 32.9. The van der Waals surface area contributed by atoms with E-state index < -0.39 is 10.0 Å². The van der Waals surface area contributed by atoms with E-state index in [2.05, 4.69) is 26.0 Å². The van der Waals surface area contributed by atoms with Gasteiger partial charge in [0, 0.05) is 17.6 Å². The van der Waals surface area contributed by atoms with Crippen LogP contribution >= 0.6 is 15.9 Å². The average molecular weight is 441 g/mol. The second-order valence-electron chi connectivity index (χ2n) is 5.74. The first-order valence-corrected chi connectivity index (χ1v) is 10.3. The molecule has 0 aromatic heterocycles. The standard InChI is InChI=1S/C18H21BrN2O4S/c1-13-3-6-16(11-14(13)2)25-12-18(22)20-9-10-21-26(23,24)17-7-4-15(19)5-8-17/h3-8,11,21H,9-10,12H2,1-2H3,(H,20,22). The molecule has 0 saturated heterocycles. The summed E-state index contributed by atoms with van der Waals surface area (Å²) in [4.78, 5) is 12.0. The number of benzene rings is 2. The first-order chi connectivity index (χ1) is 12.3. The molecule has 1 amide bonds. The molecule has 140 valence electrons. The van der Waals surface area contributed by atoms with Crippen molar-refractivity contribution >= 4 is 31.9 Å². The van der Waals surface area contributed by atoms with Crippen molar-refractivity contribution in [3.05, 3.63) is 58.1 Å². The van der Waals surface area contributed by atoms with Crippen LogP contribution in [0.15, 0.2) is 51.8 Å². The van der Waals surface area contributed by atoms with Crippen LogP contribution in [0.2, 0.25) is 0 Å². The van der Waals surface area contributed by atoms with Crippen LogP contribution in [0.5, 0.6) is 5.75 Å². The summed E-state index contributed by atoms with van der Waals surface area (Å²) in [5.41, 5.74) is 2.24. The second-order valence-corrected chi connectivity index (χ2v) is 8.42. The van der Waals surface area contributed by atoms with E-state index in [-0.39, 0.29) is 30.5 Å². The van der Waals surface area contributed by atoms with Crippen molar-refractivity contribution in [2.24, 2.45) is 0 Å². The summed E-state index contributed by atoms with van der Waals surface area (Å²) in [6.45, 7) is 4.11. The number of halogens is 1. The van der Waals surface area contributed by atoms with Crippen molar-refractivity contribution < 1.29 is 17.9 Å². The number of carbonyl (C=O) groups is 1. The Balaban J connectivity index is 1.72. The highest BCUT2D eigenvalue weighted by Gasteiger charge is 2.13. The maximum Gasteiger partial charge on any atom is 0.257 e. The summed E-state index contributed by atoms with van der Waals surface area (Å²) in [6.07, 6.45) is 0. The molecule has 8 heteroatoms. The van der Waals surface area contributed by atoms with Crippen molar-refractivity contribution in [2.45, 2.75) is 18.7 Å². The number of carbonyl (C=O) groups excluding carboxylic acids is 1. The third-order valence-corrected chi connectivity index (χ3v) is 5.72. The molecule has 0 fully saturated rings. The largest absolute Gasteiger partial charge is 0.484 e. The van der Waals surface area contributed by atoms with Gasteiger partial charge in [0.25, 0.3) is 5.91 Å². The van der Waals surface area contributed by atoms with Crippen LogP contribution in [-0.4, -0.2) is 34.0 Å². The number of hydrogen-bond acceptors (Lipinski definition) is 4. The fourth-order valence-electron chi connectivity index (χ4n) is 2.09. The Morgan fingerprint density at radius 3 is 2.38 bits per heavy atom. The van der Waals surface area contributed by atoms with Gasteiger partial charge in [0.05, 0.1) is 4.90 Å². The molecule has 0 atom stereocenters. The summed E-state index contributed by atoms with van der Waals surface area (Å²) in [5, 5.41) is 2.61. The van der Waals surface area contributed by atoms with E-state index in [0.29, 0.717) is 5.75 Å². The van der Waals surface area contributed by atoms with Crippen LogP contribution in [0.1, 0.15) is 11.1 Å². The fraction of sp³-hybridized carbons (Fsp3) is 0.278. The number of rotatable bonds is 8. The zero-order valence-corrected chi connectivity index (χ0v) is 17.0. The van der Waals surface area contributed by atoms with Gasteiger partial charge >= 0.3 is 0 Å². The number of aryl methyl sites for hydroxylation is 2. The summed E-state index contributed by atoms with van der Waals surface area (Å²) in [6, 6.07) is 11.9. The lowest BCUT2D eigenvalue weighted by Gasteiger charge is -2.10. The van der Waals surface area contributed by atoms with Gasteiger partial charge in [-0.2, -0.15) is 0 Å². The van der Waals surface area contributed by atoms with Crippen LogP contribution in [0, 0.1) is 13.8 Å². The van der Waals surface area contributed by atoms with Gasteiger partial charge in [0.2, 0.25) is 10.0 Å². The quantitative estimate of drug-likeness (QED) is 0.617. The van der Waals surface area contributed by atoms with Gasteiger partial charge in [-0.3, -0.25) is 4.79 Å². The number of amides is 1. The van der Waals surface area contributed by atoms with E-state index in [1.54, 1.807) is 12.1 Å². The van der Waals surface area contributed by atoms with Crippen molar-refractivity contribution in [1.82, 2.24) is 10.0 Å². The zero-order chi connectivity index (χ0) is 19.2. The first kappa shape index (κ1) is 20.4. The summed E-state index contributed by atoms with van der Waals surface area (Å²) >= 11 is 3.26. The van der Waals surface area contributed by atoms with Crippen LogP contribution in [0.25, 0.3) is 0 Å². The van der Waals surface area contributed by atoms with Crippen LogP contribution < -0.4 is 14.8 Å². The van der Waals surface area contributed by atoms with Crippen molar-refractivity contribution in [3.8, 4) is 5.75 Å². The minimum absolute atomic E-state index is 0.0910. The smallest absolute Gasteiger partial charge is 0.257 e. The molecule has 2 N–H and O–H groups in total. The van der Waals surface area contributed by atoms with Gasteiger partial charge in [-0.25, -0.2) is 13.1 Å². The van der Waals surface area contributed by atoms with E-state index in [1.807, 2.05) is 32.0 Å². The maximum atomic E-state index is 12.1. The number of ether oxygens (including phenoxy) is 1. The van der Waals surface area contributed by atoms with E-state index >= 15 is 0 Å². The Hall–Kier alpha value is -1.90. The zero-order valence-electron chi connectivity index (χ0n) is 14.6. The molecule has 2 rings (SSSR count). The molecule has 0 aliphatic heterocycles. The van der Waals surface area contributed by atoms with Gasteiger partial charge in [0.15, 0.2) is 6.61 Å². The van der Waals surface area contributed by atoms with Gasteiger partial charge < -0.3 is 10.1 Å². The Morgan fingerprint density at radius 2 is 1.73 bits per heavy atom. The number of sulfonamides is 1. The number of hydrogen-bond donors (Lipinski definition) is 2. The maximum absolute atomic E-state index is 12.1. The van der Waals surface area contributed by atoms with Crippen LogP contribution in [0.4, 0.5) is 0 Å². The summed E-state index contributed by atoms with van der Waals surface area (Å²) in [7, 11) is -3.59. The topological polar surface area (TPSA) is 84.5 Å². The molecular weight excluding hydrogens is 420 g/mol. The molecule has 0 bridgehead atoms. The van der Waals surface area contributed by atoms with Gasteiger partial charge in [-0.15, -0.1) is 0 Å². The molecule has 0 aliphatic carbocycles. The summed E-state index contributed by atoms with van der Waals surface area (Å²) in [5.74, 6) is 0.310. The highest BCUT2D eigenvalue weighted by atomic mass is 79.9. The van der Waals surface area contributed by atoms with E-state index in [4.69, 9.17) is 4.74 Å². The Labute approximate surface area is 162 Å². The molecule has 2 aromatic rings. The minimum Gasteiger partial charge on any atom is -0.484 e. The molecule has 0 radical (unpaired) electrons. The lowest BCUT2D eigenvalue weighted by molar-refractivity contribution is -0.123. The predicted octanol–water partition coefficient (Wildman–Crippen LogP) is 2.54. The highest BCUT2D eigenvalue weighted by Crippen LogP contribution is 2.16. The van der Waals surface area contributed by atoms with Gasteiger partial charge in [-0.05, 0) is 61.4 Å². The Bertz CT molecular complexity index is 867. The van der Waals surface area contributed by atoms with Crippen molar-refractivity contribution in [3.63, 3.8) is 0 Å². The molecular formula is C18H21BrN2O4S. The Kier molecular flexibility index (Phi) is 7.19. The van der Waals surface area contributed by atoms with Crippen molar-refractivity contribution in [1.29, 1.82) is 0 Å². The normalized spacial score (nSPS) is 11.2. The molecule has 0 unspecified atom stereocenters. The first-order valence-electron chi connectivity index (χ1n) is 8.00. The second kappa shape index (κ2) is 9.16. The van der Waals surface area contributed by atoms with Gasteiger partial charge in [-0.1, -0.05) is 22.0 Å². The van der Waals surface area contributed by atoms with Crippen LogP contribution in [-0.2, 0) is 14.8 Å². The molecule has 26 heavy (non-hydrogen) atoms. The third kappa shape index (κ3) is 6.12. The average Bonchev–Trinajstić information content (AvgIpc) is 2.60. The van der Waals surface area contributed by atoms with E-state index in [9.17, 15) is 13.2 Å². The SMILES string of the molecule is Cc1ccc(OCC(=O)NCCNS(=O)(=O)c2ccc(Br)cc2)cc1C. The minimum atomic E-state index is -3.59. The third-order valence-electron chi connectivity index (χ3n) is 3.71. The molecule has 6 nitrogen and oxygen atoms in total. The van der Waals surface area contributed by atoms with Crippen LogP contribution in [0.3, 0.4) is 0 Å². The Morgan fingerprint density at radius 1 is 1.04 bits per heavy atom. The fourth-order valence-corrected chi connectivity index (χ4v) is 3.38. The molecule has 2 aromatic carbocycles. The van der Waals surface area contributed by atoms with E-state index in [1.165, 1.54) is 12.1 Å². The molecule has 0 aliphatic rings. The highest BCUT2D eigenvalue weighted by molar-refractivity contribution is 9.10. The molecule has 0 saturated carbocycles. The van der Waals surface area contributed by atoms with Crippen molar-refractivity contribution in [2.75, 3.05) is 19.7 Å².